The van der Waals surface area contributed by atoms with Gasteiger partial charge in [-0.1, -0.05) is 0 Å². The summed E-state index contributed by atoms with van der Waals surface area (Å²) in [4.78, 5) is 23.5. The van der Waals surface area contributed by atoms with Gasteiger partial charge in [0.25, 0.3) is 5.91 Å². The third kappa shape index (κ3) is 4.65. The third-order valence-corrected chi connectivity index (χ3v) is 6.28. The zero-order chi connectivity index (χ0) is 20.4. The number of halogens is 3. The lowest BCUT2D eigenvalue weighted by atomic mass is 10.1. The van der Waals surface area contributed by atoms with Gasteiger partial charge in [-0.05, 0) is 43.7 Å². The van der Waals surface area contributed by atoms with Crippen LogP contribution in [0.25, 0.3) is 0 Å². The number of nitrogens with one attached hydrogen (secondary N) is 1. The summed E-state index contributed by atoms with van der Waals surface area (Å²) in [7, 11) is 0. The van der Waals surface area contributed by atoms with E-state index in [1.165, 1.54) is 23.5 Å². The molecule has 0 spiro atoms. The number of amides is 1. The first-order valence-electron chi connectivity index (χ1n) is 8.96. The maximum absolute atomic E-state index is 12.7. The van der Waals surface area contributed by atoms with Crippen LogP contribution in [0.15, 0.2) is 41.2 Å². The van der Waals surface area contributed by atoms with Crippen molar-refractivity contribution in [1.29, 1.82) is 0 Å². The summed E-state index contributed by atoms with van der Waals surface area (Å²) in [5.74, 6) is -0.481. The maximum atomic E-state index is 12.7. The first-order chi connectivity index (χ1) is 13.9. The zero-order valence-corrected chi connectivity index (χ0v) is 16.8. The number of alkyl halides is 3. The van der Waals surface area contributed by atoms with Crippen molar-refractivity contribution >= 4 is 33.7 Å². The van der Waals surface area contributed by atoms with Gasteiger partial charge in [-0.3, -0.25) is 15.0 Å². The second-order valence-electron chi connectivity index (χ2n) is 6.66. The van der Waals surface area contributed by atoms with Crippen LogP contribution in [0.5, 0.6) is 0 Å². The van der Waals surface area contributed by atoms with Gasteiger partial charge in [0.2, 0.25) is 0 Å². The SMILES string of the molecule is O=C(Nc1nc(C2CCCN2Cc2nccs2)cs1)c1ccc(C(F)(F)F)cc1. The average molecular weight is 439 g/mol. The molecular weight excluding hydrogens is 421 g/mol. The summed E-state index contributed by atoms with van der Waals surface area (Å²) in [5, 5.41) is 8.05. The van der Waals surface area contributed by atoms with E-state index in [1.807, 2.05) is 10.8 Å². The fourth-order valence-electron chi connectivity index (χ4n) is 3.33. The van der Waals surface area contributed by atoms with Crippen molar-refractivity contribution in [2.24, 2.45) is 0 Å². The zero-order valence-electron chi connectivity index (χ0n) is 15.1. The minimum atomic E-state index is -4.43. The summed E-state index contributed by atoms with van der Waals surface area (Å²) in [6.07, 6.45) is -0.573. The molecule has 10 heteroatoms. The molecule has 2 aromatic heterocycles. The highest BCUT2D eigenvalue weighted by atomic mass is 32.1. The Balaban J connectivity index is 1.41. The predicted octanol–water partition coefficient (Wildman–Crippen LogP) is 5.21. The van der Waals surface area contributed by atoms with E-state index in [2.05, 4.69) is 20.2 Å². The van der Waals surface area contributed by atoms with Crippen molar-refractivity contribution in [3.8, 4) is 0 Å². The molecular formula is C19H17F3N4OS2. The molecule has 1 aliphatic rings. The molecule has 0 radical (unpaired) electrons. The molecule has 152 valence electrons. The standard InChI is InChI=1S/C19H17F3N4OS2/c20-19(21,22)13-5-3-12(4-6-13)17(27)25-18-24-14(11-29-18)15-2-1-8-26(15)10-16-23-7-9-28-16/h3-7,9,11,15H,1-2,8,10H2,(H,24,25,27). The van der Waals surface area contributed by atoms with Crippen molar-refractivity contribution in [3.05, 3.63) is 63.1 Å². The monoisotopic (exact) mass is 438 g/mol. The van der Waals surface area contributed by atoms with E-state index in [9.17, 15) is 18.0 Å². The van der Waals surface area contributed by atoms with Gasteiger partial charge in [-0.25, -0.2) is 9.97 Å². The molecule has 0 saturated carbocycles. The number of hydrogen-bond acceptors (Lipinski definition) is 6. The molecule has 1 N–H and O–H groups in total. The van der Waals surface area contributed by atoms with Crippen LogP contribution >= 0.6 is 22.7 Å². The van der Waals surface area contributed by atoms with Crippen molar-refractivity contribution in [2.45, 2.75) is 31.6 Å². The lowest BCUT2D eigenvalue weighted by Crippen LogP contribution is -2.23. The summed E-state index contributed by atoms with van der Waals surface area (Å²) in [6.45, 7) is 1.74. The number of benzene rings is 1. The number of carbonyl (C=O) groups excluding carboxylic acids is 1. The second-order valence-corrected chi connectivity index (χ2v) is 8.50. The first-order valence-corrected chi connectivity index (χ1v) is 10.7. The van der Waals surface area contributed by atoms with Gasteiger partial charge >= 0.3 is 6.18 Å². The van der Waals surface area contributed by atoms with Crippen LogP contribution in [0.4, 0.5) is 18.3 Å². The molecule has 1 unspecified atom stereocenters. The number of likely N-dealkylation sites (tertiary alicyclic amines) is 1. The Labute approximate surface area is 173 Å². The van der Waals surface area contributed by atoms with Crippen molar-refractivity contribution < 1.29 is 18.0 Å². The number of carbonyl (C=O) groups is 1. The van der Waals surface area contributed by atoms with E-state index < -0.39 is 17.6 Å². The van der Waals surface area contributed by atoms with Crippen molar-refractivity contribution in [3.63, 3.8) is 0 Å². The first kappa shape index (κ1) is 20.0. The van der Waals surface area contributed by atoms with Gasteiger partial charge < -0.3 is 0 Å². The third-order valence-electron chi connectivity index (χ3n) is 4.74. The summed E-state index contributed by atoms with van der Waals surface area (Å²) < 4.78 is 38.0. The summed E-state index contributed by atoms with van der Waals surface area (Å²) >= 11 is 2.94. The molecule has 0 bridgehead atoms. The Morgan fingerprint density at radius 1 is 1.24 bits per heavy atom. The molecule has 0 aliphatic carbocycles. The average Bonchev–Trinajstić information content (AvgIpc) is 3.43. The Morgan fingerprint density at radius 3 is 2.72 bits per heavy atom. The Hall–Kier alpha value is -2.30. The largest absolute Gasteiger partial charge is 0.416 e. The second kappa shape index (κ2) is 8.21. The fraction of sp³-hybridized carbons (Fsp3) is 0.316. The number of aromatic nitrogens is 2. The van der Waals surface area contributed by atoms with Crippen LogP contribution in [-0.4, -0.2) is 27.3 Å². The molecule has 29 heavy (non-hydrogen) atoms. The van der Waals surface area contributed by atoms with Gasteiger partial charge in [0.05, 0.1) is 23.8 Å². The fourth-order valence-corrected chi connectivity index (χ4v) is 4.72. The molecule has 1 saturated heterocycles. The molecule has 1 aromatic carbocycles. The van der Waals surface area contributed by atoms with Gasteiger partial charge in [-0.2, -0.15) is 13.2 Å². The van der Waals surface area contributed by atoms with Crippen LogP contribution in [0, 0.1) is 0 Å². The molecule has 1 aliphatic heterocycles. The Kier molecular flexibility index (Phi) is 5.66. The number of rotatable bonds is 5. The Morgan fingerprint density at radius 2 is 2.03 bits per heavy atom. The van der Waals surface area contributed by atoms with Crippen LogP contribution in [0.3, 0.4) is 0 Å². The molecule has 3 heterocycles. The predicted molar refractivity (Wildman–Crippen MR) is 106 cm³/mol. The van der Waals surface area contributed by atoms with E-state index in [0.29, 0.717) is 5.13 Å². The van der Waals surface area contributed by atoms with Crippen molar-refractivity contribution in [2.75, 3.05) is 11.9 Å². The number of hydrogen-bond donors (Lipinski definition) is 1. The number of nitrogens with zero attached hydrogens (tertiary/aromatic N) is 3. The molecule has 1 fully saturated rings. The number of anilines is 1. The molecule has 1 atom stereocenters. The lowest BCUT2D eigenvalue weighted by Gasteiger charge is -2.21. The highest BCUT2D eigenvalue weighted by Gasteiger charge is 2.31. The molecule has 5 nitrogen and oxygen atoms in total. The molecule has 1 amide bonds. The summed E-state index contributed by atoms with van der Waals surface area (Å²) in [5.41, 5.74) is 0.264. The molecule has 3 aromatic rings. The topological polar surface area (TPSA) is 58.1 Å². The van der Waals surface area contributed by atoms with E-state index in [-0.39, 0.29) is 11.6 Å². The van der Waals surface area contributed by atoms with Gasteiger partial charge in [0.15, 0.2) is 5.13 Å². The van der Waals surface area contributed by atoms with Gasteiger partial charge in [-0.15, -0.1) is 22.7 Å². The van der Waals surface area contributed by atoms with Crippen molar-refractivity contribution in [1.82, 2.24) is 14.9 Å². The van der Waals surface area contributed by atoms with Gasteiger partial charge in [0.1, 0.15) is 5.01 Å². The smallest absolute Gasteiger partial charge is 0.298 e. The highest BCUT2D eigenvalue weighted by Crippen LogP contribution is 2.35. The molecule has 4 rings (SSSR count). The highest BCUT2D eigenvalue weighted by molar-refractivity contribution is 7.14. The maximum Gasteiger partial charge on any atom is 0.416 e. The van der Waals surface area contributed by atoms with Crippen LogP contribution in [0.2, 0.25) is 0 Å². The summed E-state index contributed by atoms with van der Waals surface area (Å²) in [6, 6.07) is 4.31. The van der Waals surface area contributed by atoms with Crippen LogP contribution < -0.4 is 5.32 Å². The minimum Gasteiger partial charge on any atom is -0.298 e. The number of thiazole rings is 2. The van der Waals surface area contributed by atoms with Crippen LogP contribution in [0.1, 0.15) is 45.5 Å². The Bertz CT molecular complexity index is 970. The quantitative estimate of drug-likeness (QED) is 0.594. The van der Waals surface area contributed by atoms with E-state index >= 15 is 0 Å². The lowest BCUT2D eigenvalue weighted by molar-refractivity contribution is -0.137. The van der Waals surface area contributed by atoms with Gasteiger partial charge in [0, 0.05) is 22.5 Å². The van der Waals surface area contributed by atoms with E-state index in [4.69, 9.17) is 0 Å². The van der Waals surface area contributed by atoms with Crippen LogP contribution in [-0.2, 0) is 12.7 Å². The normalized spacial score (nSPS) is 17.6. The minimum absolute atomic E-state index is 0.154. The van der Waals surface area contributed by atoms with E-state index in [1.54, 1.807) is 17.5 Å². The van der Waals surface area contributed by atoms with E-state index in [0.717, 1.165) is 48.8 Å².